The summed E-state index contributed by atoms with van der Waals surface area (Å²) in [5.74, 6) is 0.836. The van der Waals surface area contributed by atoms with Gasteiger partial charge in [0.15, 0.2) is 0 Å². The molecule has 0 fully saturated rings. The molecule has 0 aliphatic carbocycles. The summed E-state index contributed by atoms with van der Waals surface area (Å²) in [5, 5.41) is 24.0. The summed E-state index contributed by atoms with van der Waals surface area (Å²) in [5.41, 5.74) is 6.26. The van der Waals surface area contributed by atoms with Crippen LogP contribution in [0.2, 0.25) is 0 Å². The topological polar surface area (TPSA) is 40.5 Å². The predicted octanol–water partition coefficient (Wildman–Crippen LogP) is 7.70. The minimum Gasteiger partial charge on any atom is -0.507 e. The van der Waals surface area contributed by atoms with Crippen molar-refractivity contribution in [2.24, 2.45) is 0 Å². The van der Waals surface area contributed by atoms with Crippen molar-refractivity contribution in [3.63, 3.8) is 0 Å². The largest absolute Gasteiger partial charge is 0.507 e. The summed E-state index contributed by atoms with van der Waals surface area (Å²) in [4.78, 5) is 0. The zero-order valence-electron chi connectivity index (χ0n) is 20.5. The second kappa shape index (κ2) is 8.22. The second-order valence-electron chi connectivity index (χ2n) is 11.1. The predicted molar refractivity (Wildman–Crippen MR) is 133 cm³/mol. The Balaban J connectivity index is 2.24. The Hall–Kier alpha value is -2.48. The van der Waals surface area contributed by atoms with Gasteiger partial charge in [-0.3, -0.25) is 0 Å². The van der Waals surface area contributed by atoms with E-state index in [-0.39, 0.29) is 10.8 Å². The van der Waals surface area contributed by atoms with Crippen LogP contribution in [-0.2, 0) is 23.7 Å². The molecule has 0 aromatic heterocycles. The van der Waals surface area contributed by atoms with Gasteiger partial charge in [0.05, 0.1) is 0 Å². The zero-order valence-corrected chi connectivity index (χ0v) is 20.5. The summed E-state index contributed by atoms with van der Waals surface area (Å²) >= 11 is 0. The molecule has 166 valence electrons. The van der Waals surface area contributed by atoms with Crippen molar-refractivity contribution >= 4 is 10.8 Å². The van der Waals surface area contributed by atoms with Crippen LogP contribution in [-0.4, -0.2) is 10.2 Å². The van der Waals surface area contributed by atoms with E-state index in [9.17, 15) is 10.2 Å². The van der Waals surface area contributed by atoms with Crippen LogP contribution in [0.3, 0.4) is 0 Å². The molecule has 0 spiro atoms. The van der Waals surface area contributed by atoms with Gasteiger partial charge in [-0.2, -0.15) is 0 Å². The molecular formula is C29H38O2. The highest BCUT2D eigenvalue weighted by molar-refractivity contribution is 5.93. The highest BCUT2D eigenvalue weighted by Gasteiger charge is 2.26. The molecule has 3 aromatic rings. The van der Waals surface area contributed by atoms with E-state index in [1.54, 1.807) is 0 Å². The van der Waals surface area contributed by atoms with Crippen LogP contribution in [0.5, 0.6) is 11.5 Å². The Labute approximate surface area is 188 Å². The lowest BCUT2D eigenvalue weighted by atomic mass is 9.77. The fraction of sp³-hybridized carbons (Fsp3) is 0.448. The Morgan fingerprint density at radius 2 is 1.29 bits per heavy atom. The third kappa shape index (κ3) is 4.74. The molecule has 2 nitrogen and oxygen atoms in total. The summed E-state index contributed by atoms with van der Waals surface area (Å²) in [6.07, 6.45) is 2.62. The molecule has 0 saturated carbocycles. The SMILES string of the molecule is CCCc1cc(Cc2cc(C(C)(C)C)c(O)c(C(C)(C)C)c2)c2ccc(C)cc2c1O. The Bertz CT molecular complexity index is 1070. The van der Waals surface area contributed by atoms with E-state index in [2.05, 4.69) is 91.8 Å². The number of aryl methyl sites for hydroxylation is 2. The van der Waals surface area contributed by atoms with E-state index in [1.807, 2.05) is 0 Å². The van der Waals surface area contributed by atoms with Gasteiger partial charge in [0, 0.05) is 5.39 Å². The molecule has 0 unspecified atom stereocenters. The number of benzene rings is 3. The third-order valence-electron chi connectivity index (χ3n) is 6.13. The normalized spacial score (nSPS) is 12.5. The van der Waals surface area contributed by atoms with E-state index in [0.29, 0.717) is 11.5 Å². The van der Waals surface area contributed by atoms with E-state index in [1.165, 1.54) is 11.1 Å². The van der Waals surface area contributed by atoms with Crippen LogP contribution in [0.4, 0.5) is 0 Å². The quantitative estimate of drug-likeness (QED) is 0.456. The second-order valence-corrected chi connectivity index (χ2v) is 11.1. The average molecular weight is 419 g/mol. The molecule has 0 saturated heterocycles. The van der Waals surface area contributed by atoms with Crippen molar-refractivity contribution in [3.8, 4) is 11.5 Å². The van der Waals surface area contributed by atoms with Gasteiger partial charge in [-0.1, -0.05) is 90.8 Å². The van der Waals surface area contributed by atoms with Crippen LogP contribution >= 0.6 is 0 Å². The van der Waals surface area contributed by atoms with Crippen LogP contribution < -0.4 is 0 Å². The number of phenols is 2. The van der Waals surface area contributed by atoms with Crippen molar-refractivity contribution in [1.82, 2.24) is 0 Å². The Morgan fingerprint density at radius 1 is 0.710 bits per heavy atom. The Morgan fingerprint density at radius 3 is 1.81 bits per heavy atom. The molecule has 0 atom stereocenters. The molecule has 0 bridgehead atoms. The fourth-order valence-electron chi connectivity index (χ4n) is 4.43. The molecule has 2 heteroatoms. The number of aromatic hydroxyl groups is 2. The smallest absolute Gasteiger partial charge is 0.126 e. The molecule has 0 aliphatic rings. The Kier molecular flexibility index (Phi) is 6.15. The van der Waals surface area contributed by atoms with E-state index >= 15 is 0 Å². The molecule has 3 rings (SSSR count). The van der Waals surface area contributed by atoms with Gasteiger partial charge in [-0.15, -0.1) is 0 Å². The maximum Gasteiger partial charge on any atom is 0.126 e. The summed E-state index contributed by atoms with van der Waals surface area (Å²) in [6.45, 7) is 17.1. The van der Waals surface area contributed by atoms with Gasteiger partial charge in [0.1, 0.15) is 11.5 Å². The van der Waals surface area contributed by atoms with Gasteiger partial charge in [0.2, 0.25) is 0 Å². The van der Waals surface area contributed by atoms with Crippen molar-refractivity contribution in [2.75, 3.05) is 0 Å². The highest BCUT2D eigenvalue weighted by atomic mass is 16.3. The van der Waals surface area contributed by atoms with Gasteiger partial charge < -0.3 is 10.2 Å². The number of phenolic OH excluding ortho intramolecular Hbond substituents is 2. The lowest BCUT2D eigenvalue weighted by molar-refractivity contribution is 0.423. The molecule has 0 heterocycles. The number of hydrogen-bond donors (Lipinski definition) is 2. The first kappa shape index (κ1) is 23.2. The maximum absolute atomic E-state index is 11.1. The van der Waals surface area contributed by atoms with Crippen LogP contribution in [0.15, 0.2) is 36.4 Å². The molecule has 2 N–H and O–H groups in total. The molecule has 0 amide bonds. The monoisotopic (exact) mass is 418 g/mol. The first-order valence-corrected chi connectivity index (χ1v) is 11.4. The summed E-state index contributed by atoms with van der Waals surface area (Å²) in [7, 11) is 0. The third-order valence-corrected chi connectivity index (χ3v) is 6.13. The van der Waals surface area contributed by atoms with Gasteiger partial charge >= 0.3 is 0 Å². The van der Waals surface area contributed by atoms with Crippen molar-refractivity contribution in [3.05, 3.63) is 69.8 Å². The number of hydrogen-bond acceptors (Lipinski definition) is 2. The lowest BCUT2D eigenvalue weighted by Gasteiger charge is -2.28. The zero-order chi connectivity index (χ0) is 23.1. The van der Waals surface area contributed by atoms with Crippen molar-refractivity contribution < 1.29 is 10.2 Å². The molecule has 3 aromatic carbocycles. The first-order chi connectivity index (χ1) is 14.3. The lowest BCUT2D eigenvalue weighted by Crippen LogP contribution is -2.18. The van der Waals surface area contributed by atoms with Gasteiger partial charge in [-0.25, -0.2) is 0 Å². The molecule has 0 aliphatic heterocycles. The maximum atomic E-state index is 11.1. The number of fused-ring (bicyclic) bond motifs is 1. The van der Waals surface area contributed by atoms with E-state index in [4.69, 9.17) is 0 Å². The summed E-state index contributed by atoms with van der Waals surface area (Å²) in [6, 6.07) is 12.8. The van der Waals surface area contributed by atoms with Gasteiger partial charge in [-0.05, 0) is 69.9 Å². The minimum atomic E-state index is -0.151. The van der Waals surface area contributed by atoms with Crippen LogP contribution in [0.25, 0.3) is 10.8 Å². The summed E-state index contributed by atoms with van der Waals surface area (Å²) < 4.78 is 0. The molecular weight excluding hydrogens is 380 g/mol. The molecule has 0 radical (unpaired) electrons. The van der Waals surface area contributed by atoms with Crippen LogP contribution in [0.1, 0.15) is 88.3 Å². The van der Waals surface area contributed by atoms with Gasteiger partial charge in [0.25, 0.3) is 0 Å². The van der Waals surface area contributed by atoms with Crippen LogP contribution in [0, 0.1) is 6.92 Å². The average Bonchev–Trinajstić information content (AvgIpc) is 2.65. The van der Waals surface area contributed by atoms with E-state index in [0.717, 1.165) is 52.3 Å². The molecule has 31 heavy (non-hydrogen) atoms. The standard InChI is InChI=1S/C29H38O2/c1-9-10-20-17-21(22-12-11-18(2)13-23(22)26(20)30)14-19-15-24(28(3,4)5)27(31)25(16-19)29(6,7)8/h11-13,15-17,30-31H,9-10,14H2,1-8H3. The number of rotatable bonds is 4. The minimum absolute atomic E-state index is 0.151. The highest BCUT2D eigenvalue weighted by Crippen LogP contribution is 2.41. The first-order valence-electron chi connectivity index (χ1n) is 11.4. The van der Waals surface area contributed by atoms with E-state index < -0.39 is 0 Å². The van der Waals surface area contributed by atoms with Crippen molar-refractivity contribution in [1.29, 1.82) is 0 Å². The fourth-order valence-corrected chi connectivity index (χ4v) is 4.43. The van der Waals surface area contributed by atoms with Crippen molar-refractivity contribution in [2.45, 2.75) is 85.5 Å².